The van der Waals surface area contributed by atoms with E-state index in [9.17, 15) is 14.4 Å². The molecule has 1 heterocycles. The van der Waals surface area contributed by atoms with Crippen LogP contribution >= 0.6 is 0 Å². The van der Waals surface area contributed by atoms with Crippen LogP contribution in [0, 0.1) is 5.92 Å². The van der Waals surface area contributed by atoms with Crippen LogP contribution in [0.1, 0.15) is 25.7 Å². The predicted octanol–water partition coefficient (Wildman–Crippen LogP) is 0.114. The van der Waals surface area contributed by atoms with Gasteiger partial charge in [0.1, 0.15) is 0 Å². The SMILES string of the molecule is COCCN1C(=O)CC2CCCC(C(N)=O)=C2NC1=O. The van der Waals surface area contributed by atoms with E-state index in [0.717, 1.165) is 17.7 Å². The van der Waals surface area contributed by atoms with E-state index in [1.807, 2.05) is 0 Å². The van der Waals surface area contributed by atoms with Gasteiger partial charge in [-0.15, -0.1) is 0 Å². The summed E-state index contributed by atoms with van der Waals surface area (Å²) in [6.07, 6.45) is 2.34. The second-order valence-electron chi connectivity index (χ2n) is 5.02. The lowest BCUT2D eigenvalue weighted by Crippen LogP contribution is -2.43. The van der Waals surface area contributed by atoms with Crippen molar-refractivity contribution in [3.05, 3.63) is 11.3 Å². The molecule has 4 amide bonds. The van der Waals surface area contributed by atoms with Crippen LogP contribution in [0.25, 0.3) is 0 Å². The number of urea groups is 1. The van der Waals surface area contributed by atoms with Crippen LogP contribution < -0.4 is 11.1 Å². The van der Waals surface area contributed by atoms with Gasteiger partial charge in [-0.25, -0.2) is 4.79 Å². The molecule has 0 bridgehead atoms. The zero-order chi connectivity index (χ0) is 14.7. The number of imide groups is 1. The van der Waals surface area contributed by atoms with Crippen LogP contribution in [-0.4, -0.2) is 43.0 Å². The molecule has 7 heteroatoms. The van der Waals surface area contributed by atoms with Crippen molar-refractivity contribution in [2.24, 2.45) is 11.7 Å². The molecule has 0 aromatic heterocycles. The van der Waals surface area contributed by atoms with E-state index >= 15 is 0 Å². The molecule has 3 N–H and O–H groups in total. The van der Waals surface area contributed by atoms with Gasteiger partial charge in [-0.3, -0.25) is 14.5 Å². The van der Waals surface area contributed by atoms with Crippen molar-refractivity contribution in [1.82, 2.24) is 10.2 Å². The topological polar surface area (TPSA) is 102 Å². The number of hydrogen-bond acceptors (Lipinski definition) is 4. The average molecular weight is 281 g/mol. The first-order valence-electron chi connectivity index (χ1n) is 6.67. The Bertz CT molecular complexity index is 472. The number of fused-ring (bicyclic) bond motifs is 1. The number of hydrogen-bond donors (Lipinski definition) is 2. The maximum absolute atomic E-state index is 12.1. The van der Waals surface area contributed by atoms with E-state index in [1.165, 1.54) is 7.11 Å². The van der Waals surface area contributed by atoms with Gasteiger partial charge in [-0.2, -0.15) is 0 Å². The smallest absolute Gasteiger partial charge is 0.328 e. The molecule has 0 saturated carbocycles. The number of nitrogens with two attached hydrogens (primary N) is 1. The molecule has 110 valence electrons. The molecule has 0 radical (unpaired) electrons. The van der Waals surface area contributed by atoms with Gasteiger partial charge in [0.25, 0.3) is 0 Å². The number of carbonyl (C=O) groups is 3. The third-order valence-corrected chi connectivity index (χ3v) is 3.74. The Morgan fingerprint density at radius 2 is 2.25 bits per heavy atom. The molecule has 20 heavy (non-hydrogen) atoms. The maximum Gasteiger partial charge on any atom is 0.328 e. The molecular weight excluding hydrogens is 262 g/mol. The fourth-order valence-corrected chi connectivity index (χ4v) is 2.71. The van der Waals surface area contributed by atoms with Gasteiger partial charge >= 0.3 is 6.03 Å². The van der Waals surface area contributed by atoms with Crippen LogP contribution in [0.2, 0.25) is 0 Å². The fraction of sp³-hybridized carbons (Fsp3) is 0.615. The zero-order valence-corrected chi connectivity index (χ0v) is 11.5. The van der Waals surface area contributed by atoms with Crippen molar-refractivity contribution in [3.8, 4) is 0 Å². The molecule has 1 aliphatic heterocycles. The van der Waals surface area contributed by atoms with Crippen LogP contribution in [0.4, 0.5) is 4.79 Å². The summed E-state index contributed by atoms with van der Waals surface area (Å²) in [6, 6.07) is -0.509. The summed E-state index contributed by atoms with van der Waals surface area (Å²) in [5, 5.41) is 2.69. The predicted molar refractivity (Wildman–Crippen MR) is 70.3 cm³/mol. The molecule has 1 unspecified atom stereocenters. The molecule has 2 rings (SSSR count). The van der Waals surface area contributed by atoms with Crippen molar-refractivity contribution >= 4 is 17.8 Å². The number of carbonyl (C=O) groups excluding carboxylic acids is 3. The van der Waals surface area contributed by atoms with Crippen LogP contribution in [0.5, 0.6) is 0 Å². The summed E-state index contributed by atoms with van der Waals surface area (Å²) in [5.41, 5.74) is 6.32. The molecular formula is C13H19N3O4. The summed E-state index contributed by atoms with van der Waals surface area (Å²) in [5.74, 6) is -0.900. The Hall–Kier alpha value is -1.89. The molecule has 1 atom stereocenters. The van der Waals surface area contributed by atoms with Crippen molar-refractivity contribution in [3.63, 3.8) is 0 Å². The second-order valence-corrected chi connectivity index (χ2v) is 5.02. The lowest BCUT2D eigenvalue weighted by Gasteiger charge is -2.24. The zero-order valence-electron chi connectivity index (χ0n) is 11.5. The Morgan fingerprint density at radius 1 is 1.50 bits per heavy atom. The van der Waals surface area contributed by atoms with Gasteiger partial charge in [0.2, 0.25) is 11.8 Å². The summed E-state index contributed by atoms with van der Waals surface area (Å²) in [6.45, 7) is 0.485. The van der Waals surface area contributed by atoms with Crippen molar-refractivity contribution < 1.29 is 19.1 Å². The van der Waals surface area contributed by atoms with E-state index in [0.29, 0.717) is 17.7 Å². The minimum Gasteiger partial charge on any atom is -0.383 e. The minimum atomic E-state index is -0.525. The van der Waals surface area contributed by atoms with Crippen LogP contribution in [0.15, 0.2) is 11.3 Å². The largest absolute Gasteiger partial charge is 0.383 e. The van der Waals surface area contributed by atoms with Gasteiger partial charge in [-0.05, 0) is 19.3 Å². The average Bonchev–Trinajstić information content (AvgIpc) is 2.51. The van der Waals surface area contributed by atoms with Gasteiger partial charge in [-0.1, -0.05) is 0 Å². The standard InChI is InChI=1S/C13H19N3O4/c1-20-6-5-16-10(17)7-8-3-2-4-9(12(14)18)11(8)15-13(16)19/h8H,2-7H2,1H3,(H2,14,18)(H,15,19). The molecule has 2 aliphatic rings. The quantitative estimate of drug-likeness (QED) is 0.763. The number of nitrogens with one attached hydrogen (secondary N) is 1. The van der Waals surface area contributed by atoms with Gasteiger partial charge in [0.05, 0.1) is 13.2 Å². The van der Waals surface area contributed by atoms with E-state index in [4.69, 9.17) is 10.5 Å². The molecule has 0 spiro atoms. The van der Waals surface area contributed by atoms with Crippen LogP contribution in [-0.2, 0) is 14.3 Å². The molecule has 0 aromatic carbocycles. The van der Waals surface area contributed by atoms with Gasteiger partial charge < -0.3 is 15.8 Å². The van der Waals surface area contributed by atoms with Crippen molar-refractivity contribution in [1.29, 1.82) is 0 Å². The van der Waals surface area contributed by atoms with Gasteiger partial charge in [0.15, 0.2) is 0 Å². The highest BCUT2D eigenvalue weighted by Crippen LogP contribution is 2.32. The number of methoxy groups -OCH3 is 1. The first-order chi connectivity index (χ1) is 9.54. The molecule has 1 fully saturated rings. The number of primary amides is 1. The Balaban J connectivity index is 2.28. The number of nitrogens with zero attached hydrogens (tertiary/aromatic N) is 1. The van der Waals surface area contributed by atoms with E-state index in [1.54, 1.807) is 0 Å². The number of rotatable bonds is 4. The van der Waals surface area contributed by atoms with Crippen molar-refractivity contribution in [2.45, 2.75) is 25.7 Å². The Labute approximate surface area is 117 Å². The fourth-order valence-electron chi connectivity index (χ4n) is 2.71. The number of amides is 4. The lowest BCUT2D eigenvalue weighted by atomic mass is 9.84. The number of allylic oxidation sites excluding steroid dienone is 1. The second kappa shape index (κ2) is 6.04. The molecule has 1 saturated heterocycles. The van der Waals surface area contributed by atoms with E-state index < -0.39 is 11.9 Å². The van der Waals surface area contributed by atoms with Crippen LogP contribution in [0.3, 0.4) is 0 Å². The molecule has 7 nitrogen and oxygen atoms in total. The minimum absolute atomic E-state index is 0.129. The first kappa shape index (κ1) is 14.5. The monoisotopic (exact) mass is 281 g/mol. The van der Waals surface area contributed by atoms with E-state index in [-0.39, 0.29) is 31.4 Å². The summed E-state index contributed by atoms with van der Waals surface area (Å²) in [7, 11) is 1.51. The highest BCUT2D eigenvalue weighted by molar-refractivity contribution is 5.99. The molecule has 1 aliphatic carbocycles. The first-order valence-corrected chi connectivity index (χ1v) is 6.67. The summed E-state index contributed by atoms with van der Waals surface area (Å²) in [4.78, 5) is 36.8. The number of ether oxygens (including phenoxy) is 1. The highest BCUT2D eigenvalue weighted by Gasteiger charge is 2.35. The lowest BCUT2D eigenvalue weighted by molar-refractivity contribution is -0.129. The van der Waals surface area contributed by atoms with E-state index in [2.05, 4.69) is 5.32 Å². The Kier molecular flexibility index (Phi) is 4.39. The molecule has 0 aromatic rings. The normalized spacial score (nSPS) is 23.2. The summed E-state index contributed by atoms with van der Waals surface area (Å²) >= 11 is 0. The highest BCUT2D eigenvalue weighted by atomic mass is 16.5. The maximum atomic E-state index is 12.1. The third-order valence-electron chi connectivity index (χ3n) is 3.74. The van der Waals surface area contributed by atoms with Gasteiger partial charge in [0, 0.05) is 30.7 Å². The third kappa shape index (κ3) is 2.82. The summed E-state index contributed by atoms with van der Waals surface area (Å²) < 4.78 is 4.90. The van der Waals surface area contributed by atoms with Crippen molar-refractivity contribution in [2.75, 3.05) is 20.3 Å². The Morgan fingerprint density at radius 3 is 2.90 bits per heavy atom.